The summed E-state index contributed by atoms with van der Waals surface area (Å²) in [7, 11) is 0. The number of amides is 1. The van der Waals surface area contributed by atoms with Gasteiger partial charge in [0, 0.05) is 6.54 Å². The third kappa shape index (κ3) is 7.37. The quantitative estimate of drug-likeness (QED) is 0.504. The molecule has 3 heteroatoms. The van der Waals surface area contributed by atoms with Gasteiger partial charge in [-0.05, 0) is 30.6 Å². The third-order valence-electron chi connectivity index (χ3n) is 3.12. The van der Waals surface area contributed by atoms with Gasteiger partial charge in [0.15, 0.2) is 0 Å². The highest BCUT2D eigenvalue weighted by molar-refractivity contribution is 5.45. The second-order valence-corrected chi connectivity index (χ2v) is 5.36. The topological polar surface area (TPSA) is 49.3 Å². The molecule has 90 valence electrons. The molecule has 1 amide bonds. The van der Waals surface area contributed by atoms with E-state index in [4.69, 9.17) is 0 Å². The highest BCUT2D eigenvalue weighted by Gasteiger charge is 2.20. The first-order valence-electron chi connectivity index (χ1n) is 5.73. The van der Waals surface area contributed by atoms with Crippen LogP contribution in [0.1, 0.15) is 47.0 Å². The molecule has 3 nitrogen and oxygen atoms in total. The lowest BCUT2D eigenvalue weighted by Gasteiger charge is -2.27. The number of hydrogen-bond donors (Lipinski definition) is 2. The van der Waals surface area contributed by atoms with Gasteiger partial charge < -0.3 is 10.4 Å². The first-order chi connectivity index (χ1) is 6.88. The summed E-state index contributed by atoms with van der Waals surface area (Å²) in [6.45, 7) is 9.44. The van der Waals surface area contributed by atoms with E-state index in [2.05, 4.69) is 33.0 Å². The maximum atomic E-state index is 9.99. The Labute approximate surface area is 93.3 Å². The second-order valence-electron chi connectivity index (χ2n) is 5.36. The molecule has 0 saturated heterocycles. The van der Waals surface area contributed by atoms with E-state index in [1.54, 1.807) is 0 Å². The van der Waals surface area contributed by atoms with Gasteiger partial charge in [0.1, 0.15) is 0 Å². The molecule has 0 aromatic carbocycles. The summed E-state index contributed by atoms with van der Waals surface area (Å²) in [4.78, 5) is 9.99. The predicted octanol–water partition coefficient (Wildman–Crippen LogP) is 1.95. The molecule has 0 saturated carbocycles. The first-order valence-corrected chi connectivity index (χ1v) is 5.73. The van der Waals surface area contributed by atoms with Gasteiger partial charge in [-0.15, -0.1) is 0 Å². The Morgan fingerprint density at radius 2 is 1.87 bits per heavy atom. The fourth-order valence-electron chi connectivity index (χ4n) is 1.33. The molecule has 2 atom stereocenters. The minimum atomic E-state index is -0.290. The van der Waals surface area contributed by atoms with Crippen LogP contribution in [0.15, 0.2) is 0 Å². The molecule has 0 spiro atoms. The van der Waals surface area contributed by atoms with Gasteiger partial charge in [0.05, 0.1) is 6.10 Å². The molecule has 0 aliphatic heterocycles. The number of nitrogens with one attached hydrogen (secondary N) is 1. The van der Waals surface area contributed by atoms with E-state index >= 15 is 0 Å². The van der Waals surface area contributed by atoms with E-state index in [1.807, 2.05) is 0 Å². The Kier molecular flexibility index (Phi) is 6.57. The van der Waals surface area contributed by atoms with Crippen LogP contribution in [0, 0.1) is 11.3 Å². The number of rotatable bonds is 7. The zero-order chi connectivity index (χ0) is 11.9. The van der Waals surface area contributed by atoms with Crippen molar-refractivity contribution >= 4 is 6.41 Å². The van der Waals surface area contributed by atoms with Gasteiger partial charge in [0.2, 0.25) is 6.41 Å². The largest absolute Gasteiger partial charge is 0.393 e. The maximum Gasteiger partial charge on any atom is 0.207 e. The van der Waals surface area contributed by atoms with E-state index in [9.17, 15) is 9.90 Å². The molecular weight excluding hydrogens is 190 g/mol. The van der Waals surface area contributed by atoms with Gasteiger partial charge >= 0.3 is 0 Å². The highest BCUT2D eigenvalue weighted by Crippen LogP contribution is 2.29. The lowest BCUT2D eigenvalue weighted by molar-refractivity contribution is -0.109. The SMILES string of the molecule is CC(CCC(O)CCNC=O)C(C)(C)C. The first kappa shape index (κ1) is 14.4. The van der Waals surface area contributed by atoms with Crippen LogP contribution in [0.25, 0.3) is 0 Å². The monoisotopic (exact) mass is 215 g/mol. The smallest absolute Gasteiger partial charge is 0.207 e. The molecule has 0 rings (SSSR count). The molecule has 2 N–H and O–H groups in total. The Morgan fingerprint density at radius 1 is 1.27 bits per heavy atom. The van der Waals surface area contributed by atoms with Gasteiger partial charge in [-0.3, -0.25) is 4.79 Å². The summed E-state index contributed by atoms with van der Waals surface area (Å²) in [5.74, 6) is 0.603. The van der Waals surface area contributed by atoms with Crippen LogP contribution in [-0.4, -0.2) is 24.2 Å². The zero-order valence-electron chi connectivity index (χ0n) is 10.4. The normalized spacial score (nSPS) is 15.8. The van der Waals surface area contributed by atoms with E-state index < -0.39 is 0 Å². The van der Waals surface area contributed by atoms with Crippen molar-refractivity contribution in [2.45, 2.75) is 53.1 Å². The van der Waals surface area contributed by atoms with Crippen LogP contribution >= 0.6 is 0 Å². The Morgan fingerprint density at radius 3 is 2.33 bits per heavy atom. The molecular formula is C12H25NO2. The van der Waals surface area contributed by atoms with Gasteiger partial charge in [-0.2, -0.15) is 0 Å². The summed E-state index contributed by atoms with van der Waals surface area (Å²) < 4.78 is 0. The minimum absolute atomic E-state index is 0.290. The third-order valence-corrected chi connectivity index (χ3v) is 3.12. The van der Waals surface area contributed by atoms with Gasteiger partial charge in [-0.1, -0.05) is 27.7 Å². The van der Waals surface area contributed by atoms with Crippen molar-refractivity contribution in [2.24, 2.45) is 11.3 Å². The summed E-state index contributed by atoms with van der Waals surface area (Å²) >= 11 is 0. The van der Waals surface area contributed by atoms with Crippen LogP contribution in [0.4, 0.5) is 0 Å². The average Bonchev–Trinajstić information content (AvgIpc) is 2.13. The van der Waals surface area contributed by atoms with Crippen LogP contribution in [-0.2, 0) is 4.79 Å². The molecule has 0 fully saturated rings. The Bertz CT molecular complexity index is 175. The minimum Gasteiger partial charge on any atom is -0.393 e. The maximum absolute atomic E-state index is 9.99. The van der Waals surface area contributed by atoms with Crippen molar-refractivity contribution in [1.82, 2.24) is 5.32 Å². The Balaban J connectivity index is 3.61. The lowest BCUT2D eigenvalue weighted by atomic mass is 9.79. The van der Waals surface area contributed by atoms with Crippen LogP contribution < -0.4 is 5.32 Å². The summed E-state index contributed by atoms with van der Waals surface area (Å²) in [5, 5.41) is 12.2. The fourth-order valence-corrected chi connectivity index (χ4v) is 1.33. The summed E-state index contributed by atoms with van der Waals surface area (Å²) in [6, 6.07) is 0. The standard InChI is InChI=1S/C12H25NO2/c1-10(12(2,3)4)5-6-11(15)7-8-13-9-14/h9-11,15H,5-8H2,1-4H3,(H,13,14). The number of carbonyl (C=O) groups is 1. The number of carbonyl (C=O) groups excluding carboxylic acids is 1. The van der Waals surface area contributed by atoms with Gasteiger partial charge in [0.25, 0.3) is 0 Å². The molecule has 2 unspecified atom stereocenters. The van der Waals surface area contributed by atoms with Crippen molar-refractivity contribution in [3.63, 3.8) is 0 Å². The molecule has 0 aliphatic carbocycles. The summed E-state index contributed by atoms with van der Waals surface area (Å²) in [5.41, 5.74) is 0.306. The lowest BCUT2D eigenvalue weighted by Crippen LogP contribution is -2.22. The molecule has 0 heterocycles. The van der Waals surface area contributed by atoms with E-state index in [-0.39, 0.29) is 6.10 Å². The Hall–Kier alpha value is -0.570. The van der Waals surface area contributed by atoms with E-state index in [0.717, 1.165) is 12.8 Å². The van der Waals surface area contributed by atoms with Crippen LogP contribution in [0.3, 0.4) is 0 Å². The molecule has 0 aromatic rings. The number of hydrogen-bond acceptors (Lipinski definition) is 2. The van der Waals surface area contributed by atoms with Crippen molar-refractivity contribution in [2.75, 3.05) is 6.54 Å². The zero-order valence-corrected chi connectivity index (χ0v) is 10.4. The average molecular weight is 215 g/mol. The summed E-state index contributed by atoms with van der Waals surface area (Å²) in [6.07, 6.45) is 2.88. The predicted molar refractivity (Wildman–Crippen MR) is 62.5 cm³/mol. The molecule has 0 bridgehead atoms. The van der Waals surface area contributed by atoms with E-state index in [0.29, 0.717) is 30.7 Å². The van der Waals surface area contributed by atoms with Crippen molar-refractivity contribution in [3.8, 4) is 0 Å². The van der Waals surface area contributed by atoms with Crippen LogP contribution in [0.5, 0.6) is 0 Å². The van der Waals surface area contributed by atoms with Crippen molar-refractivity contribution in [1.29, 1.82) is 0 Å². The molecule has 15 heavy (non-hydrogen) atoms. The number of aliphatic hydroxyl groups excluding tert-OH is 1. The molecule has 0 aromatic heterocycles. The molecule has 0 radical (unpaired) electrons. The molecule has 0 aliphatic rings. The highest BCUT2D eigenvalue weighted by atomic mass is 16.3. The van der Waals surface area contributed by atoms with E-state index in [1.165, 1.54) is 0 Å². The number of aliphatic hydroxyl groups is 1. The van der Waals surface area contributed by atoms with Crippen LogP contribution in [0.2, 0.25) is 0 Å². The van der Waals surface area contributed by atoms with Gasteiger partial charge in [-0.25, -0.2) is 0 Å². The fraction of sp³-hybridized carbons (Fsp3) is 0.917. The second kappa shape index (κ2) is 6.83. The van der Waals surface area contributed by atoms with Crippen molar-refractivity contribution in [3.05, 3.63) is 0 Å². The van der Waals surface area contributed by atoms with Crippen molar-refractivity contribution < 1.29 is 9.90 Å².